The number of carbonyl (C=O) groups excluding carboxylic acids is 1. The molecule has 32 heavy (non-hydrogen) atoms. The lowest BCUT2D eigenvalue weighted by atomic mass is 9.67. The summed E-state index contributed by atoms with van der Waals surface area (Å²) in [4.78, 5) is 22.4. The number of hydrogen-bond acceptors (Lipinski definition) is 3. The van der Waals surface area contributed by atoms with Gasteiger partial charge in [0.25, 0.3) is 0 Å². The SMILES string of the molecule is CC.CC1(C)c2ccccc2C(=O)c2cc3c4ccncc4n4c5cnccc5c(c21)c34. The normalized spacial score (nSPS) is 14.6. The fraction of sp³-hybridized carbons (Fsp3) is 0.179. The second kappa shape index (κ2) is 6.36. The van der Waals surface area contributed by atoms with Crippen molar-refractivity contribution in [3.8, 4) is 0 Å². The minimum atomic E-state index is -0.298. The number of aromatic nitrogens is 3. The average molecular weight is 418 g/mol. The number of rotatable bonds is 0. The first kappa shape index (κ1) is 18.9. The summed E-state index contributed by atoms with van der Waals surface area (Å²) in [7, 11) is 0. The van der Waals surface area contributed by atoms with Crippen LogP contribution < -0.4 is 0 Å². The van der Waals surface area contributed by atoms with Gasteiger partial charge in [0.1, 0.15) is 0 Å². The van der Waals surface area contributed by atoms with Crippen molar-refractivity contribution in [3.05, 3.63) is 89.5 Å². The molecule has 0 atom stereocenters. The van der Waals surface area contributed by atoms with Crippen LogP contribution in [0.1, 0.15) is 54.7 Å². The van der Waals surface area contributed by atoms with Gasteiger partial charge >= 0.3 is 0 Å². The summed E-state index contributed by atoms with van der Waals surface area (Å²) in [5.41, 5.74) is 6.77. The zero-order valence-electron chi connectivity index (χ0n) is 18.6. The van der Waals surface area contributed by atoms with E-state index in [1.807, 2.05) is 62.9 Å². The largest absolute Gasteiger partial charge is 0.305 e. The minimum Gasteiger partial charge on any atom is -0.305 e. The highest BCUT2D eigenvalue weighted by Gasteiger charge is 2.39. The van der Waals surface area contributed by atoms with E-state index in [0.29, 0.717) is 0 Å². The van der Waals surface area contributed by atoms with Crippen LogP contribution in [0.5, 0.6) is 0 Å². The molecule has 4 nitrogen and oxygen atoms in total. The Morgan fingerprint density at radius 2 is 1.47 bits per heavy atom. The Hall–Kier alpha value is -3.79. The molecule has 6 aromatic rings. The van der Waals surface area contributed by atoms with Gasteiger partial charge in [0.15, 0.2) is 5.78 Å². The average Bonchev–Trinajstić information content (AvgIpc) is 3.35. The number of pyridine rings is 2. The van der Waals surface area contributed by atoms with E-state index in [0.717, 1.165) is 60.3 Å². The van der Waals surface area contributed by atoms with Crippen LogP contribution in [0.15, 0.2) is 67.3 Å². The summed E-state index contributed by atoms with van der Waals surface area (Å²) in [6, 6.07) is 14.2. The molecule has 4 aromatic heterocycles. The number of nitrogens with zero attached hydrogens (tertiary/aromatic N) is 3. The molecule has 0 saturated carbocycles. The quantitative estimate of drug-likeness (QED) is 0.282. The van der Waals surface area contributed by atoms with Gasteiger partial charge in [-0.15, -0.1) is 0 Å². The third-order valence-corrected chi connectivity index (χ3v) is 6.88. The van der Waals surface area contributed by atoms with Crippen LogP contribution in [0.4, 0.5) is 0 Å². The summed E-state index contributed by atoms with van der Waals surface area (Å²) in [5.74, 6) is 0.107. The predicted molar refractivity (Wildman–Crippen MR) is 130 cm³/mol. The Kier molecular flexibility index (Phi) is 3.76. The maximum atomic E-state index is 13.7. The lowest BCUT2D eigenvalue weighted by Crippen LogP contribution is -2.30. The molecule has 0 aliphatic heterocycles. The molecule has 0 N–H and O–H groups in total. The number of carbonyl (C=O) groups is 1. The van der Waals surface area contributed by atoms with Gasteiger partial charge in [0.05, 0.1) is 28.9 Å². The van der Waals surface area contributed by atoms with Gasteiger partial charge in [-0.2, -0.15) is 0 Å². The summed E-state index contributed by atoms with van der Waals surface area (Å²) in [6.45, 7) is 8.46. The first-order valence-corrected chi connectivity index (χ1v) is 11.1. The van der Waals surface area contributed by atoms with E-state index < -0.39 is 0 Å². The molecule has 0 amide bonds. The van der Waals surface area contributed by atoms with Crippen molar-refractivity contribution in [3.63, 3.8) is 0 Å². The van der Waals surface area contributed by atoms with E-state index in [4.69, 9.17) is 0 Å². The molecule has 0 unspecified atom stereocenters. The van der Waals surface area contributed by atoms with Crippen molar-refractivity contribution in [2.24, 2.45) is 0 Å². The van der Waals surface area contributed by atoms with Gasteiger partial charge in [-0.3, -0.25) is 14.8 Å². The van der Waals surface area contributed by atoms with Gasteiger partial charge in [-0.25, -0.2) is 0 Å². The molecule has 1 aliphatic rings. The smallest absolute Gasteiger partial charge is 0.193 e. The standard InChI is InChI=1S/C26H17N3O.C2H6/c1-26(2)19-6-4-3-5-15(19)25(30)18-11-17-14-7-9-27-12-20(14)29-21-13-28-10-8-16(21)22(23(18)26)24(17)29;1-2/h3-13H,1-2H3;1-2H3. The number of benzene rings is 2. The Morgan fingerprint density at radius 3 is 2.22 bits per heavy atom. The molecule has 0 saturated heterocycles. The monoisotopic (exact) mass is 417 g/mol. The third-order valence-electron chi connectivity index (χ3n) is 6.88. The van der Waals surface area contributed by atoms with Crippen molar-refractivity contribution in [2.45, 2.75) is 33.1 Å². The predicted octanol–water partition coefficient (Wildman–Crippen LogP) is 6.52. The van der Waals surface area contributed by atoms with E-state index in [2.05, 4.69) is 46.4 Å². The molecular formula is C28H23N3O. The van der Waals surface area contributed by atoms with Crippen LogP contribution in [0, 0.1) is 0 Å². The van der Waals surface area contributed by atoms with Crippen LogP contribution in [-0.4, -0.2) is 20.2 Å². The maximum absolute atomic E-state index is 13.7. The first-order valence-electron chi connectivity index (χ1n) is 11.1. The molecule has 0 spiro atoms. The highest BCUT2D eigenvalue weighted by Crippen LogP contribution is 2.49. The van der Waals surface area contributed by atoms with Crippen LogP contribution in [0.25, 0.3) is 38.1 Å². The summed E-state index contributed by atoms with van der Waals surface area (Å²) in [5, 5.41) is 4.50. The second-order valence-corrected chi connectivity index (χ2v) is 8.69. The van der Waals surface area contributed by atoms with Gasteiger partial charge < -0.3 is 4.40 Å². The van der Waals surface area contributed by atoms with Crippen molar-refractivity contribution in [1.29, 1.82) is 0 Å². The lowest BCUT2D eigenvalue weighted by molar-refractivity contribution is 0.103. The molecule has 2 aromatic carbocycles. The van der Waals surface area contributed by atoms with Crippen molar-refractivity contribution in [2.75, 3.05) is 0 Å². The Bertz CT molecular complexity index is 1690. The maximum Gasteiger partial charge on any atom is 0.193 e. The summed E-state index contributed by atoms with van der Waals surface area (Å²) < 4.78 is 2.26. The molecule has 0 radical (unpaired) electrons. The molecule has 4 heterocycles. The fourth-order valence-corrected chi connectivity index (χ4v) is 5.64. The zero-order valence-corrected chi connectivity index (χ0v) is 18.6. The zero-order chi connectivity index (χ0) is 22.2. The van der Waals surface area contributed by atoms with E-state index in [9.17, 15) is 4.79 Å². The van der Waals surface area contributed by atoms with Gasteiger partial charge in [0, 0.05) is 50.5 Å². The topological polar surface area (TPSA) is 47.3 Å². The number of fused-ring (bicyclic) bond motifs is 9. The molecule has 0 fully saturated rings. The lowest BCUT2D eigenvalue weighted by Gasteiger charge is -2.35. The minimum absolute atomic E-state index is 0.107. The van der Waals surface area contributed by atoms with Crippen LogP contribution in [-0.2, 0) is 5.41 Å². The first-order chi connectivity index (χ1) is 15.6. The van der Waals surface area contributed by atoms with Crippen molar-refractivity contribution < 1.29 is 4.79 Å². The molecular weight excluding hydrogens is 394 g/mol. The van der Waals surface area contributed by atoms with E-state index in [1.165, 1.54) is 0 Å². The Morgan fingerprint density at radius 1 is 0.812 bits per heavy atom. The van der Waals surface area contributed by atoms with Gasteiger partial charge in [-0.1, -0.05) is 52.0 Å². The highest BCUT2D eigenvalue weighted by molar-refractivity contribution is 6.28. The second-order valence-electron chi connectivity index (χ2n) is 8.69. The third kappa shape index (κ3) is 2.09. The Balaban J connectivity index is 0.000000953. The van der Waals surface area contributed by atoms with Crippen molar-refractivity contribution >= 4 is 43.9 Å². The van der Waals surface area contributed by atoms with Crippen LogP contribution >= 0.6 is 0 Å². The van der Waals surface area contributed by atoms with Gasteiger partial charge in [0.2, 0.25) is 0 Å². The van der Waals surface area contributed by atoms with E-state index >= 15 is 0 Å². The van der Waals surface area contributed by atoms with Crippen LogP contribution in [0.2, 0.25) is 0 Å². The molecule has 4 heteroatoms. The fourth-order valence-electron chi connectivity index (χ4n) is 5.64. The molecule has 1 aliphatic carbocycles. The Labute approximate surface area is 185 Å². The molecule has 7 rings (SSSR count). The highest BCUT2D eigenvalue weighted by atomic mass is 16.1. The van der Waals surface area contributed by atoms with Crippen LogP contribution in [0.3, 0.4) is 0 Å². The van der Waals surface area contributed by atoms with Crippen molar-refractivity contribution in [1.82, 2.24) is 14.4 Å². The van der Waals surface area contributed by atoms with E-state index in [-0.39, 0.29) is 11.2 Å². The molecule has 156 valence electrons. The number of hydrogen-bond donors (Lipinski definition) is 0. The van der Waals surface area contributed by atoms with Gasteiger partial charge in [-0.05, 0) is 29.3 Å². The molecule has 0 bridgehead atoms. The number of ketones is 1. The summed E-state index contributed by atoms with van der Waals surface area (Å²) >= 11 is 0. The van der Waals surface area contributed by atoms with E-state index in [1.54, 1.807) is 0 Å². The summed E-state index contributed by atoms with van der Waals surface area (Å²) in [6.07, 6.45) is 7.47.